The summed E-state index contributed by atoms with van der Waals surface area (Å²) in [5, 5.41) is 10.1. The van der Waals surface area contributed by atoms with Crippen molar-refractivity contribution < 1.29 is 23.1 Å². The van der Waals surface area contributed by atoms with Gasteiger partial charge < -0.3 is 25.2 Å². The maximum Gasteiger partial charge on any atom is 0.333 e. The molecule has 0 aromatic carbocycles. The molecule has 0 radical (unpaired) electrons. The van der Waals surface area contributed by atoms with Crippen LogP contribution in [0.5, 0.6) is 0 Å². The number of aromatic nitrogens is 6. The topological polar surface area (TPSA) is 135 Å². The van der Waals surface area contributed by atoms with Gasteiger partial charge in [-0.15, -0.1) is 0 Å². The van der Waals surface area contributed by atoms with E-state index in [4.69, 9.17) is 9.72 Å². The highest BCUT2D eigenvalue weighted by Gasteiger charge is 2.46. The minimum atomic E-state index is -2.78. The normalized spacial score (nSPS) is 22.7. The molecule has 1 aliphatic carbocycles. The number of amides is 2. The molecule has 3 aliphatic rings. The number of nitrogens with one attached hydrogen (secondary N) is 2. The average molecular weight is 585 g/mol. The van der Waals surface area contributed by atoms with Crippen molar-refractivity contribution in [1.29, 1.82) is 0 Å². The van der Waals surface area contributed by atoms with Gasteiger partial charge in [0.25, 0.3) is 0 Å². The lowest BCUT2D eigenvalue weighted by atomic mass is 9.75. The van der Waals surface area contributed by atoms with Crippen molar-refractivity contribution >= 4 is 34.7 Å². The van der Waals surface area contributed by atoms with E-state index in [1.807, 2.05) is 9.80 Å². The molecule has 13 nitrogen and oxygen atoms in total. The zero-order valence-corrected chi connectivity index (χ0v) is 23.2. The van der Waals surface area contributed by atoms with E-state index >= 15 is 0 Å². The number of fused-ring (bicyclic) bond motifs is 1. The van der Waals surface area contributed by atoms with Crippen LogP contribution in [-0.2, 0) is 14.3 Å². The highest BCUT2D eigenvalue weighted by atomic mass is 19.3. The first-order chi connectivity index (χ1) is 20.4. The fourth-order valence-corrected chi connectivity index (χ4v) is 6.40. The number of hydrogen-bond donors (Lipinski definition) is 2. The number of piperidine rings is 1. The number of alkyl halides is 2. The highest BCUT2D eigenvalue weighted by Crippen LogP contribution is 2.45. The molecule has 1 saturated carbocycles. The third-order valence-corrected chi connectivity index (χ3v) is 8.50. The Balaban J connectivity index is 1.22. The second-order valence-corrected chi connectivity index (χ2v) is 11.0. The number of carbonyl (C=O) groups excluding carboxylic acids is 2. The van der Waals surface area contributed by atoms with Gasteiger partial charge in [0.15, 0.2) is 17.0 Å². The van der Waals surface area contributed by atoms with Crippen molar-refractivity contribution in [3.63, 3.8) is 0 Å². The summed E-state index contributed by atoms with van der Waals surface area (Å²) < 4.78 is 34.0. The summed E-state index contributed by atoms with van der Waals surface area (Å²) in [4.78, 5) is 43.2. The van der Waals surface area contributed by atoms with Gasteiger partial charge in [-0.3, -0.25) is 14.2 Å². The predicted molar refractivity (Wildman–Crippen MR) is 149 cm³/mol. The van der Waals surface area contributed by atoms with E-state index in [0.717, 1.165) is 32.1 Å². The second-order valence-electron chi connectivity index (χ2n) is 11.0. The summed E-state index contributed by atoms with van der Waals surface area (Å²) in [6, 6.07) is -0.0351. The van der Waals surface area contributed by atoms with Crippen LogP contribution in [0.25, 0.3) is 16.9 Å². The molecule has 2 saturated heterocycles. The Morgan fingerprint density at radius 1 is 1.19 bits per heavy atom. The molecular weight excluding hydrogens is 550 g/mol. The van der Waals surface area contributed by atoms with Crippen LogP contribution < -0.4 is 15.5 Å². The molecule has 1 spiro atoms. The van der Waals surface area contributed by atoms with Crippen LogP contribution >= 0.6 is 0 Å². The molecule has 2 atom stereocenters. The zero-order valence-electron chi connectivity index (χ0n) is 23.2. The van der Waals surface area contributed by atoms with E-state index in [9.17, 15) is 18.4 Å². The average Bonchev–Trinajstić information content (AvgIpc) is 3.75. The highest BCUT2D eigenvalue weighted by molar-refractivity contribution is 5.89. The smallest absolute Gasteiger partial charge is 0.333 e. The Bertz CT molecular complexity index is 1470. The second kappa shape index (κ2) is 11.6. The molecule has 3 fully saturated rings. The summed E-state index contributed by atoms with van der Waals surface area (Å²) >= 11 is 0. The largest absolute Gasteiger partial charge is 0.378 e. The lowest BCUT2D eigenvalue weighted by Crippen LogP contribution is -2.54. The minimum absolute atomic E-state index is 0.0351. The van der Waals surface area contributed by atoms with E-state index in [2.05, 4.69) is 32.3 Å². The molecule has 224 valence electrons. The molecule has 3 aromatic rings. The van der Waals surface area contributed by atoms with Crippen molar-refractivity contribution in [3.8, 4) is 5.69 Å². The lowest BCUT2D eigenvalue weighted by molar-refractivity contribution is -0.130. The van der Waals surface area contributed by atoms with Crippen molar-refractivity contribution in [3.05, 3.63) is 31.4 Å². The van der Waals surface area contributed by atoms with Crippen LogP contribution in [-0.4, -0.2) is 98.0 Å². The van der Waals surface area contributed by atoms with E-state index in [1.165, 1.54) is 24.8 Å². The van der Waals surface area contributed by atoms with E-state index in [-0.39, 0.29) is 29.8 Å². The fraction of sp³-hybridized carbons (Fsp3) is 0.556. The van der Waals surface area contributed by atoms with Crippen molar-refractivity contribution in [2.24, 2.45) is 5.41 Å². The number of rotatable bonds is 8. The molecule has 2 unspecified atom stereocenters. The first kappa shape index (κ1) is 28.0. The molecule has 2 aliphatic heterocycles. The number of nitrogens with zero attached hydrogens (tertiary/aromatic N) is 8. The quantitative estimate of drug-likeness (QED) is 0.382. The number of hydrogen-bond acceptors (Lipinski definition) is 9. The molecule has 5 heterocycles. The van der Waals surface area contributed by atoms with Gasteiger partial charge in [0, 0.05) is 37.6 Å². The SMILES string of the molecule is C=CC(=O)N1CCCC2(CCCC2NC(=O)CNc2nc(N3CCOCC3)nc3c2ncn3-c2cnn(C(F)F)c2)C1. The maximum atomic E-state index is 13.2. The van der Waals surface area contributed by atoms with Crippen LogP contribution in [0.4, 0.5) is 20.5 Å². The third-order valence-electron chi connectivity index (χ3n) is 8.50. The van der Waals surface area contributed by atoms with Crippen molar-refractivity contribution in [2.45, 2.75) is 44.7 Å². The van der Waals surface area contributed by atoms with Gasteiger partial charge in [0.05, 0.1) is 37.8 Å². The monoisotopic (exact) mass is 584 g/mol. The number of imidazole rings is 1. The van der Waals surface area contributed by atoms with Gasteiger partial charge in [-0.05, 0) is 31.8 Å². The van der Waals surface area contributed by atoms with Gasteiger partial charge in [0.2, 0.25) is 17.8 Å². The van der Waals surface area contributed by atoms with Gasteiger partial charge in [-0.2, -0.15) is 23.8 Å². The predicted octanol–water partition coefficient (Wildman–Crippen LogP) is 2.12. The molecule has 3 aromatic heterocycles. The summed E-state index contributed by atoms with van der Waals surface area (Å²) in [5.41, 5.74) is 1.02. The van der Waals surface area contributed by atoms with Gasteiger partial charge in [-0.1, -0.05) is 13.0 Å². The summed E-state index contributed by atoms with van der Waals surface area (Å²) in [5.74, 6) is 0.516. The minimum Gasteiger partial charge on any atom is -0.378 e. The molecular formula is C27H34F2N10O3. The first-order valence-corrected chi connectivity index (χ1v) is 14.2. The van der Waals surface area contributed by atoms with Crippen LogP contribution in [0.3, 0.4) is 0 Å². The number of likely N-dealkylation sites (tertiary alicyclic amines) is 1. The zero-order chi connectivity index (χ0) is 29.3. The van der Waals surface area contributed by atoms with Crippen molar-refractivity contribution in [1.82, 2.24) is 39.5 Å². The van der Waals surface area contributed by atoms with Crippen LogP contribution in [0.15, 0.2) is 31.4 Å². The Morgan fingerprint density at radius 3 is 2.76 bits per heavy atom. The summed E-state index contributed by atoms with van der Waals surface area (Å²) in [6.07, 6.45) is 10.0. The summed E-state index contributed by atoms with van der Waals surface area (Å²) in [6.45, 7) is 4.33. The molecule has 0 bridgehead atoms. The Hall–Kier alpha value is -4.14. The summed E-state index contributed by atoms with van der Waals surface area (Å²) in [7, 11) is 0. The number of carbonyl (C=O) groups is 2. The number of anilines is 2. The van der Waals surface area contributed by atoms with Crippen LogP contribution in [0.2, 0.25) is 0 Å². The van der Waals surface area contributed by atoms with E-state index in [1.54, 1.807) is 4.57 Å². The molecule has 2 N–H and O–H groups in total. The van der Waals surface area contributed by atoms with Gasteiger partial charge in [0.1, 0.15) is 6.33 Å². The Kier molecular flexibility index (Phi) is 7.75. The van der Waals surface area contributed by atoms with Gasteiger partial charge in [-0.25, -0.2) is 9.67 Å². The molecule has 2 amide bonds. The lowest BCUT2D eigenvalue weighted by Gasteiger charge is -2.44. The third kappa shape index (κ3) is 5.40. The number of morpholine rings is 1. The van der Waals surface area contributed by atoms with Crippen molar-refractivity contribution in [2.75, 3.05) is 56.2 Å². The standard InChI is InChI=1S/C27H34F2N10O3/c1-2-21(41)37-8-4-7-27(16-37)6-3-5-19(27)33-20(40)14-30-23-22-24(35-26(34-23)36-9-11-42-12-10-36)38(17-31-22)18-13-32-39(15-18)25(28)29/h2,13,15,17,19,25H,1,3-12,14,16H2,(H,33,40)(H,30,34,35). The fourth-order valence-electron chi connectivity index (χ4n) is 6.40. The maximum absolute atomic E-state index is 13.2. The van der Waals surface area contributed by atoms with E-state index < -0.39 is 6.55 Å². The van der Waals surface area contributed by atoms with Crippen LogP contribution in [0.1, 0.15) is 38.7 Å². The molecule has 42 heavy (non-hydrogen) atoms. The number of ether oxygens (including phenoxy) is 1. The van der Waals surface area contributed by atoms with E-state index in [0.29, 0.717) is 72.7 Å². The Morgan fingerprint density at radius 2 is 2.00 bits per heavy atom. The first-order valence-electron chi connectivity index (χ1n) is 14.2. The molecule has 15 heteroatoms. The Labute approximate surface area is 240 Å². The number of halogens is 2. The molecule has 6 rings (SSSR count). The van der Waals surface area contributed by atoms with Crippen LogP contribution in [0, 0.1) is 5.41 Å². The van der Waals surface area contributed by atoms with Gasteiger partial charge >= 0.3 is 6.55 Å².